The van der Waals surface area contributed by atoms with Crippen LogP contribution < -0.4 is 20.7 Å². The zero-order valence-corrected chi connectivity index (χ0v) is 18.0. The Kier molecular flexibility index (Phi) is 6.75. The van der Waals surface area contributed by atoms with E-state index in [4.69, 9.17) is 4.74 Å². The van der Waals surface area contributed by atoms with Crippen molar-refractivity contribution in [3.05, 3.63) is 65.2 Å². The minimum absolute atomic E-state index is 0.0455. The smallest absolute Gasteiger partial charge is 0.315 e. The van der Waals surface area contributed by atoms with Gasteiger partial charge in [-0.1, -0.05) is 36.4 Å². The predicted octanol–water partition coefficient (Wildman–Crippen LogP) is 3.34. The summed E-state index contributed by atoms with van der Waals surface area (Å²) in [5, 5.41) is 9.20. The van der Waals surface area contributed by atoms with Gasteiger partial charge in [-0.05, 0) is 67.3 Å². The molecule has 2 aromatic carbocycles. The van der Waals surface area contributed by atoms with Crippen LogP contribution in [0.4, 0.5) is 4.79 Å². The van der Waals surface area contributed by atoms with E-state index < -0.39 is 0 Å². The third-order valence-electron chi connectivity index (χ3n) is 6.44. The summed E-state index contributed by atoms with van der Waals surface area (Å²) in [5.41, 5.74) is 3.72. The van der Waals surface area contributed by atoms with Crippen molar-refractivity contribution in [1.29, 1.82) is 0 Å². The van der Waals surface area contributed by atoms with Gasteiger partial charge in [-0.2, -0.15) is 0 Å². The van der Waals surface area contributed by atoms with Crippen molar-refractivity contribution in [3.63, 3.8) is 0 Å². The van der Waals surface area contributed by atoms with Crippen molar-refractivity contribution >= 4 is 11.9 Å². The normalized spacial score (nSPS) is 20.5. The fourth-order valence-electron chi connectivity index (χ4n) is 4.64. The molecule has 1 fully saturated rings. The molecule has 6 nitrogen and oxygen atoms in total. The third-order valence-corrected chi connectivity index (χ3v) is 6.44. The molecule has 4 rings (SSSR count). The standard InChI is InChI=1S/C25H31N3O3/c1-31-23-12-6-17(7-13-23)16-26-25(30)28-21-10-8-18(9-11-21)24(29)27-22-14-19-4-2-3-5-20(19)15-22/h2-7,12-13,18,21-22H,8-11,14-16H2,1H3,(H,27,29)(H2,26,28,30). The highest BCUT2D eigenvalue weighted by Gasteiger charge is 2.30. The van der Waals surface area contributed by atoms with E-state index in [1.54, 1.807) is 7.11 Å². The number of carbonyl (C=O) groups excluding carboxylic acids is 2. The number of rotatable bonds is 6. The van der Waals surface area contributed by atoms with Gasteiger partial charge in [-0.3, -0.25) is 4.79 Å². The molecule has 6 heteroatoms. The first kappa shape index (κ1) is 21.2. The molecule has 0 spiro atoms. The maximum Gasteiger partial charge on any atom is 0.315 e. The van der Waals surface area contributed by atoms with Crippen molar-refractivity contribution < 1.29 is 14.3 Å². The van der Waals surface area contributed by atoms with Gasteiger partial charge in [0, 0.05) is 24.5 Å². The molecule has 2 aliphatic rings. The number of hydrogen-bond acceptors (Lipinski definition) is 3. The van der Waals surface area contributed by atoms with Crippen LogP contribution in [0, 0.1) is 5.92 Å². The lowest BCUT2D eigenvalue weighted by Gasteiger charge is -2.29. The molecule has 3 N–H and O–H groups in total. The Bertz CT molecular complexity index is 879. The Balaban J connectivity index is 1.15. The summed E-state index contributed by atoms with van der Waals surface area (Å²) in [5.74, 6) is 1.01. The largest absolute Gasteiger partial charge is 0.497 e. The zero-order chi connectivity index (χ0) is 21.6. The van der Waals surface area contributed by atoms with E-state index in [1.807, 2.05) is 24.3 Å². The van der Waals surface area contributed by atoms with E-state index in [0.29, 0.717) is 6.54 Å². The number of carbonyl (C=O) groups is 2. The molecule has 0 bridgehead atoms. The summed E-state index contributed by atoms with van der Waals surface area (Å²) in [4.78, 5) is 25.0. The molecule has 0 radical (unpaired) electrons. The fraction of sp³-hybridized carbons (Fsp3) is 0.440. The van der Waals surface area contributed by atoms with Gasteiger partial charge in [0.1, 0.15) is 5.75 Å². The van der Waals surface area contributed by atoms with Gasteiger partial charge in [-0.25, -0.2) is 4.79 Å². The Morgan fingerprint density at radius 2 is 1.52 bits per heavy atom. The molecular weight excluding hydrogens is 390 g/mol. The highest BCUT2D eigenvalue weighted by Crippen LogP contribution is 2.26. The van der Waals surface area contributed by atoms with Crippen LogP contribution in [0.25, 0.3) is 0 Å². The van der Waals surface area contributed by atoms with Crippen LogP contribution in [-0.2, 0) is 24.2 Å². The predicted molar refractivity (Wildman–Crippen MR) is 120 cm³/mol. The highest BCUT2D eigenvalue weighted by atomic mass is 16.5. The lowest BCUT2D eigenvalue weighted by Crippen LogP contribution is -2.46. The molecule has 3 amide bonds. The average Bonchev–Trinajstić information content (AvgIpc) is 3.21. The average molecular weight is 422 g/mol. The van der Waals surface area contributed by atoms with Crippen LogP contribution in [0.2, 0.25) is 0 Å². The van der Waals surface area contributed by atoms with Crippen LogP contribution in [0.5, 0.6) is 5.75 Å². The number of hydrogen-bond donors (Lipinski definition) is 3. The fourth-order valence-corrected chi connectivity index (χ4v) is 4.64. The van der Waals surface area contributed by atoms with E-state index in [0.717, 1.165) is 49.8 Å². The third kappa shape index (κ3) is 5.57. The Hall–Kier alpha value is -3.02. The van der Waals surface area contributed by atoms with E-state index >= 15 is 0 Å². The van der Waals surface area contributed by atoms with Gasteiger partial charge in [-0.15, -0.1) is 0 Å². The highest BCUT2D eigenvalue weighted by molar-refractivity contribution is 5.79. The number of ether oxygens (including phenoxy) is 1. The van der Waals surface area contributed by atoms with Crippen molar-refractivity contribution in [3.8, 4) is 5.75 Å². The van der Waals surface area contributed by atoms with E-state index in [2.05, 4.69) is 40.2 Å². The number of amides is 3. The molecule has 0 aromatic heterocycles. The van der Waals surface area contributed by atoms with Crippen LogP contribution in [-0.4, -0.2) is 31.1 Å². The van der Waals surface area contributed by atoms with Crippen LogP contribution in [0.3, 0.4) is 0 Å². The SMILES string of the molecule is COc1ccc(CNC(=O)NC2CCC(C(=O)NC3Cc4ccccc4C3)CC2)cc1. The summed E-state index contributed by atoms with van der Waals surface area (Å²) in [6.45, 7) is 0.470. The van der Waals surface area contributed by atoms with Crippen molar-refractivity contribution in [2.45, 2.75) is 57.2 Å². The van der Waals surface area contributed by atoms with E-state index in [-0.39, 0.29) is 29.9 Å². The minimum atomic E-state index is -0.160. The molecule has 0 saturated heterocycles. The van der Waals surface area contributed by atoms with Crippen LogP contribution >= 0.6 is 0 Å². The maximum absolute atomic E-state index is 12.7. The number of benzene rings is 2. The summed E-state index contributed by atoms with van der Waals surface area (Å²) in [6.07, 6.45) is 5.14. The minimum Gasteiger partial charge on any atom is -0.497 e. The number of nitrogens with one attached hydrogen (secondary N) is 3. The first-order valence-corrected chi connectivity index (χ1v) is 11.1. The Morgan fingerprint density at radius 1 is 0.871 bits per heavy atom. The second-order valence-corrected chi connectivity index (χ2v) is 8.61. The first-order valence-electron chi connectivity index (χ1n) is 11.1. The van der Waals surface area contributed by atoms with Gasteiger partial charge in [0.2, 0.25) is 5.91 Å². The van der Waals surface area contributed by atoms with Crippen LogP contribution in [0.1, 0.15) is 42.4 Å². The van der Waals surface area contributed by atoms with Gasteiger partial charge < -0.3 is 20.7 Å². The molecule has 2 aliphatic carbocycles. The number of methoxy groups -OCH3 is 1. The Morgan fingerprint density at radius 3 is 2.13 bits per heavy atom. The van der Waals surface area contributed by atoms with Gasteiger partial charge in [0.15, 0.2) is 0 Å². The van der Waals surface area contributed by atoms with Crippen LogP contribution in [0.15, 0.2) is 48.5 Å². The van der Waals surface area contributed by atoms with Gasteiger partial charge in [0.25, 0.3) is 0 Å². The molecule has 31 heavy (non-hydrogen) atoms. The molecule has 0 unspecified atom stereocenters. The molecule has 2 aromatic rings. The summed E-state index contributed by atoms with van der Waals surface area (Å²) < 4.78 is 5.14. The molecule has 0 atom stereocenters. The number of fused-ring (bicyclic) bond motifs is 1. The van der Waals surface area contributed by atoms with Crippen molar-refractivity contribution in [2.75, 3.05) is 7.11 Å². The molecule has 1 saturated carbocycles. The van der Waals surface area contributed by atoms with E-state index in [1.165, 1.54) is 11.1 Å². The topological polar surface area (TPSA) is 79.5 Å². The lowest BCUT2D eigenvalue weighted by molar-refractivity contribution is -0.126. The second kappa shape index (κ2) is 9.86. The van der Waals surface area contributed by atoms with Gasteiger partial charge in [0.05, 0.1) is 7.11 Å². The number of urea groups is 1. The molecule has 0 aliphatic heterocycles. The Labute approximate surface area is 183 Å². The quantitative estimate of drug-likeness (QED) is 0.669. The maximum atomic E-state index is 12.7. The molecule has 0 heterocycles. The van der Waals surface area contributed by atoms with Crippen molar-refractivity contribution in [1.82, 2.24) is 16.0 Å². The first-order chi connectivity index (χ1) is 15.1. The molecular formula is C25H31N3O3. The van der Waals surface area contributed by atoms with Gasteiger partial charge >= 0.3 is 6.03 Å². The summed E-state index contributed by atoms with van der Waals surface area (Å²) in [7, 11) is 1.63. The summed E-state index contributed by atoms with van der Waals surface area (Å²) in [6, 6.07) is 16.2. The zero-order valence-electron chi connectivity index (χ0n) is 18.0. The van der Waals surface area contributed by atoms with Crippen molar-refractivity contribution in [2.24, 2.45) is 5.92 Å². The second-order valence-electron chi connectivity index (χ2n) is 8.61. The summed E-state index contributed by atoms with van der Waals surface area (Å²) >= 11 is 0. The monoisotopic (exact) mass is 421 g/mol. The van der Waals surface area contributed by atoms with E-state index in [9.17, 15) is 9.59 Å². The molecule has 164 valence electrons. The lowest BCUT2D eigenvalue weighted by atomic mass is 9.85.